The van der Waals surface area contributed by atoms with Crippen LogP contribution in [-0.4, -0.2) is 5.11 Å². The van der Waals surface area contributed by atoms with E-state index >= 15 is 0 Å². The van der Waals surface area contributed by atoms with E-state index in [1.807, 2.05) is 0 Å². The molecule has 0 rings (SSSR count). The van der Waals surface area contributed by atoms with Gasteiger partial charge >= 0.3 is 0 Å². The molecule has 0 aromatic heterocycles. The van der Waals surface area contributed by atoms with Crippen LogP contribution >= 0.6 is 0 Å². The molecule has 0 aliphatic rings. The summed E-state index contributed by atoms with van der Waals surface area (Å²) in [6.45, 7) is 3.28. The Labute approximate surface area is 65.7 Å². The summed E-state index contributed by atoms with van der Waals surface area (Å²) in [6, 6.07) is 0. The Bertz CT molecular complexity index is 11.6. The van der Waals surface area contributed by atoms with Gasteiger partial charge in [-0.15, -0.1) is 0 Å². The van der Waals surface area contributed by atoms with Crippen LogP contribution in [0.15, 0.2) is 0 Å². The molecule has 1 radical (unpaired) electrons. The summed E-state index contributed by atoms with van der Waals surface area (Å²) in [5.41, 5.74) is 0. The van der Waals surface area contributed by atoms with Crippen LogP contribution in [0.25, 0.3) is 0 Å². The second-order valence-electron chi connectivity index (χ2n) is 0.947. The molecule has 5 heavy (non-hydrogen) atoms. The molecule has 0 aliphatic carbocycles. The maximum absolute atomic E-state index is 7.97. The molecule has 0 aliphatic heterocycles. The summed E-state index contributed by atoms with van der Waals surface area (Å²) in [7, 11) is 0. The summed E-state index contributed by atoms with van der Waals surface area (Å²) in [5, 5.41) is 7.97. The van der Waals surface area contributed by atoms with Crippen molar-refractivity contribution in [3.63, 3.8) is 0 Å². The van der Waals surface area contributed by atoms with Crippen LogP contribution in [0.2, 0.25) is 0 Å². The van der Waals surface area contributed by atoms with Crippen molar-refractivity contribution in [3.05, 3.63) is 6.10 Å². The molecular weight excluding hydrogens is 193 g/mol. The zero-order chi connectivity index (χ0) is 3.58. The fourth-order valence-electron chi connectivity index (χ4n) is 0. The van der Waals surface area contributed by atoms with Crippen LogP contribution < -0.4 is 0 Å². The van der Waals surface area contributed by atoms with Crippen molar-refractivity contribution >= 4 is 0 Å². The SMILES string of the molecule is C[C-](C)O.[Pr]. The average Bonchev–Trinajstić information content (AvgIpc) is 0.811. The molecule has 0 atom stereocenters. The van der Waals surface area contributed by atoms with E-state index in [1.165, 1.54) is 0 Å². The van der Waals surface area contributed by atoms with Gasteiger partial charge in [-0.05, 0) is 0 Å². The summed E-state index contributed by atoms with van der Waals surface area (Å²) >= 11 is 0. The van der Waals surface area contributed by atoms with E-state index in [1.54, 1.807) is 13.8 Å². The number of hydrogen-bond donors (Lipinski definition) is 1. The third kappa shape index (κ3) is 33.6. The first-order valence-electron chi connectivity index (χ1n) is 1.22. The third-order valence-electron chi connectivity index (χ3n) is 0. The van der Waals surface area contributed by atoms with Gasteiger partial charge in [-0.3, -0.25) is 0 Å². The van der Waals surface area contributed by atoms with Crippen molar-refractivity contribution in [3.8, 4) is 0 Å². The van der Waals surface area contributed by atoms with Gasteiger partial charge in [0.25, 0.3) is 0 Å². The number of aliphatic hydroxyl groups excluding tert-OH is 1. The molecule has 0 spiro atoms. The van der Waals surface area contributed by atoms with Gasteiger partial charge in [-0.25, -0.2) is 6.10 Å². The Kier molecular flexibility index (Phi) is 10.2. The van der Waals surface area contributed by atoms with Crippen molar-refractivity contribution < 1.29 is 46.4 Å². The van der Waals surface area contributed by atoms with E-state index in [2.05, 4.69) is 0 Å². The minimum absolute atomic E-state index is 0. The first-order chi connectivity index (χ1) is 1.73. The van der Waals surface area contributed by atoms with Crippen LogP contribution in [0.1, 0.15) is 13.8 Å². The van der Waals surface area contributed by atoms with Crippen molar-refractivity contribution in [1.29, 1.82) is 0 Å². The Hall–Kier alpha value is 1.32. The van der Waals surface area contributed by atoms with E-state index in [0.717, 1.165) is 0 Å². The number of rotatable bonds is 0. The zero-order valence-electron chi connectivity index (χ0n) is 3.52. The van der Waals surface area contributed by atoms with Gasteiger partial charge in [0.2, 0.25) is 0 Å². The summed E-state index contributed by atoms with van der Waals surface area (Å²) in [6.07, 6.45) is 0.417. The Morgan fingerprint density at radius 3 is 1.40 bits per heavy atom. The molecule has 2 heteroatoms. The minimum Gasteiger partial charge on any atom is -0.563 e. The predicted molar refractivity (Wildman–Crippen MR) is 16.5 cm³/mol. The van der Waals surface area contributed by atoms with Crippen molar-refractivity contribution in [2.75, 3.05) is 0 Å². The molecule has 0 heterocycles. The van der Waals surface area contributed by atoms with E-state index in [4.69, 9.17) is 5.11 Å². The molecule has 0 fully saturated rings. The van der Waals surface area contributed by atoms with Gasteiger partial charge in [-0.2, -0.15) is 13.8 Å². The topological polar surface area (TPSA) is 20.2 Å². The standard InChI is InChI=1S/C3H7O.Pr/c1-3(2)4;/h4H,1-2H3;/q-1;. The first-order valence-corrected chi connectivity index (χ1v) is 1.22. The van der Waals surface area contributed by atoms with Crippen LogP contribution in [0.4, 0.5) is 0 Å². The predicted octanol–water partition coefficient (Wildman–Crippen LogP) is 0.931. The average molecular weight is 200 g/mol. The smallest absolute Gasteiger partial charge is 0 e. The molecule has 0 saturated heterocycles. The third-order valence-corrected chi connectivity index (χ3v) is 0. The molecule has 1 nitrogen and oxygen atoms in total. The van der Waals surface area contributed by atoms with Gasteiger partial charge in [0.15, 0.2) is 0 Å². The molecule has 0 unspecified atom stereocenters. The fraction of sp³-hybridized carbons (Fsp3) is 0.667. The molecule has 0 aromatic rings. The van der Waals surface area contributed by atoms with Gasteiger partial charge in [-0.1, -0.05) is 0 Å². The van der Waals surface area contributed by atoms with E-state index < -0.39 is 0 Å². The van der Waals surface area contributed by atoms with Crippen LogP contribution in [0.5, 0.6) is 0 Å². The monoisotopic (exact) mass is 200 g/mol. The molecule has 1 N–H and O–H groups in total. The zero-order valence-corrected chi connectivity index (χ0v) is 7.23. The number of aliphatic hydroxyl groups is 1. The second kappa shape index (κ2) is 5.32. The first kappa shape index (κ1) is 9.59. The summed E-state index contributed by atoms with van der Waals surface area (Å²) < 4.78 is 0. The minimum atomic E-state index is 0. The van der Waals surface area contributed by atoms with Gasteiger partial charge in [0, 0.05) is 41.3 Å². The van der Waals surface area contributed by atoms with Crippen LogP contribution in [-0.2, 0) is 0 Å². The fourth-order valence-corrected chi connectivity index (χ4v) is 0. The van der Waals surface area contributed by atoms with E-state index in [9.17, 15) is 0 Å². The maximum Gasteiger partial charge on any atom is 0 e. The van der Waals surface area contributed by atoms with Crippen molar-refractivity contribution in [2.24, 2.45) is 0 Å². The molecule has 0 aromatic carbocycles. The summed E-state index contributed by atoms with van der Waals surface area (Å²) in [5.74, 6) is 0. The van der Waals surface area contributed by atoms with Crippen molar-refractivity contribution in [2.45, 2.75) is 13.8 Å². The molecule has 0 amide bonds. The number of hydrogen-bond acceptors (Lipinski definition) is 1. The molecule has 0 saturated carbocycles. The van der Waals surface area contributed by atoms with Gasteiger partial charge in [0.05, 0.1) is 0 Å². The van der Waals surface area contributed by atoms with Gasteiger partial charge in [0.1, 0.15) is 0 Å². The molecular formula is C3H7OPr-. The Balaban J connectivity index is 0. The Morgan fingerprint density at radius 2 is 1.40 bits per heavy atom. The quantitative estimate of drug-likeness (QED) is 0.576. The Morgan fingerprint density at radius 1 is 1.40 bits per heavy atom. The summed E-state index contributed by atoms with van der Waals surface area (Å²) in [4.78, 5) is 0. The largest absolute Gasteiger partial charge is 0.563 e. The molecule has 0 bridgehead atoms. The molecule has 29 valence electrons. The normalized spacial score (nSPS) is 7.20. The van der Waals surface area contributed by atoms with Crippen molar-refractivity contribution in [1.82, 2.24) is 0 Å². The van der Waals surface area contributed by atoms with E-state index in [0.29, 0.717) is 6.10 Å². The van der Waals surface area contributed by atoms with E-state index in [-0.39, 0.29) is 41.3 Å². The van der Waals surface area contributed by atoms with Gasteiger partial charge < -0.3 is 5.11 Å². The van der Waals surface area contributed by atoms with Crippen LogP contribution in [0, 0.1) is 47.4 Å². The maximum atomic E-state index is 7.97. The van der Waals surface area contributed by atoms with Crippen LogP contribution in [0.3, 0.4) is 0 Å². The second-order valence-corrected chi connectivity index (χ2v) is 0.947.